The predicted octanol–water partition coefficient (Wildman–Crippen LogP) is 3.21. The monoisotopic (exact) mass is 238 g/mol. The van der Waals surface area contributed by atoms with Gasteiger partial charge in [-0.2, -0.15) is 5.26 Å². The van der Waals surface area contributed by atoms with Crippen LogP contribution in [0.5, 0.6) is 0 Å². The fourth-order valence-corrected chi connectivity index (χ4v) is 2.19. The van der Waals surface area contributed by atoms with Gasteiger partial charge in [-0.25, -0.2) is 0 Å². The lowest BCUT2D eigenvalue weighted by atomic mass is 9.84. The average molecular weight is 238 g/mol. The molecule has 1 unspecified atom stereocenters. The van der Waals surface area contributed by atoms with Crippen LogP contribution in [0.4, 0.5) is 0 Å². The van der Waals surface area contributed by atoms with E-state index in [0.717, 1.165) is 12.8 Å². The van der Waals surface area contributed by atoms with Crippen LogP contribution >= 0.6 is 0 Å². The highest BCUT2D eigenvalue weighted by molar-refractivity contribution is 5.76. The second-order valence-corrected chi connectivity index (χ2v) is 6.05. The summed E-state index contributed by atoms with van der Waals surface area (Å²) in [6.45, 7) is 11.6. The van der Waals surface area contributed by atoms with Gasteiger partial charge in [-0.1, -0.05) is 34.6 Å². The van der Waals surface area contributed by atoms with E-state index in [1.54, 1.807) is 4.90 Å². The van der Waals surface area contributed by atoms with Crippen molar-refractivity contribution < 1.29 is 4.79 Å². The van der Waals surface area contributed by atoms with Crippen molar-refractivity contribution >= 4 is 5.91 Å². The van der Waals surface area contributed by atoms with Crippen molar-refractivity contribution in [1.82, 2.24) is 4.90 Å². The Morgan fingerprint density at radius 2 is 2.00 bits per heavy atom. The van der Waals surface area contributed by atoms with E-state index in [1.165, 1.54) is 0 Å². The van der Waals surface area contributed by atoms with E-state index < -0.39 is 0 Å². The summed E-state index contributed by atoms with van der Waals surface area (Å²) in [5.41, 5.74) is 0.254. The Morgan fingerprint density at radius 1 is 1.41 bits per heavy atom. The van der Waals surface area contributed by atoms with E-state index in [4.69, 9.17) is 5.26 Å². The fraction of sp³-hybridized carbons (Fsp3) is 0.857. The van der Waals surface area contributed by atoms with Gasteiger partial charge in [0.25, 0.3) is 0 Å². The second-order valence-electron chi connectivity index (χ2n) is 6.05. The quantitative estimate of drug-likeness (QED) is 0.667. The van der Waals surface area contributed by atoms with Crippen LogP contribution in [0.3, 0.4) is 0 Å². The summed E-state index contributed by atoms with van der Waals surface area (Å²) < 4.78 is 0. The number of hydrogen-bond acceptors (Lipinski definition) is 2. The molecule has 0 aromatic carbocycles. The molecule has 3 heteroatoms. The molecule has 0 N–H and O–H groups in total. The molecular formula is C14H26N2O. The van der Waals surface area contributed by atoms with Gasteiger partial charge in [-0.15, -0.1) is 0 Å². The van der Waals surface area contributed by atoms with Gasteiger partial charge in [0.2, 0.25) is 5.91 Å². The summed E-state index contributed by atoms with van der Waals surface area (Å²) in [5.74, 6) is 0.491. The summed E-state index contributed by atoms with van der Waals surface area (Å²) in [6.07, 6.45) is 2.49. The fourth-order valence-electron chi connectivity index (χ4n) is 2.19. The van der Waals surface area contributed by atoms with Crippen molar-refractivity contribution in [1.29, 1.82) is 5.26 Å². The van der Waals surface area contributed by atoms with Crippen LogP contribution in [0.1, 0.15) is 53.9 Å². The first kappa shape index (κ1) is 16.0. The maximum absolute atomic E-state index is 12.0. The van der Waals surface area contributed by atoms with Crippen LogP contribution in [-0.2, 0) is 4.79 Å². The molecule has 0 aliphatic rings. The number of rotatable bonds is 6. The average Bonchev–Trinajstić information content (AvgIpc) is 2.14. The van der Waals surface area contributed by atoms with Crippen LogP contribution in [0.2, 0.25) is 0 Å². The number of nitrogens with zero attached hydrogens (tertiary/aromatic N) is 2. The van der Waals surface area contributed by atoms with E-state index in [1.807, 2.05) is 6.92 Å². The summed E-state index contributed by atoms with van der Waals surface area (Å²) in [6, 6.07) is 2.06. The van der Waals surface area contributed by atoms with Crippen molar-refractivity contribution in [2.45, 2.75) is 53.9 Å². The first-order valence-corrected chi connectivity index (χ1v) is 6.45. The van der Waals surface area contributed by atoms with Crippen molar-refractivity contribution in [2.24, 2.45) is 11.3 Å². The molecule has 17 heavy (non-hydrogen) atoms. The van der Waals surface area contributed by atoms with E-state index in [9.17, 15) is 4.79 Å². The maximum atomic E-state index is 12.0. The molecule has 0 bridgehead atoms. The summed E-state index contributed by atoms with van der Waals surface area (Å²) >= 11 is 0. The zero-order chi connectivity index (χ0) is 13.5. The summed E-state index contributed by atoms with van der Waals surface area (Å²) in [5, 5.41) is 8.69. The van der Waals surface area contributed by atoms with Gasteiger partial charge in [0, 0.05) is 13.0 Å². The smallest absolute Gasteiger partial charge is 0.223 e. The molecule has 0 heterocycles. The topological polar surface area (TPSA) is 44.1 Å². The maximum Gasteiger partial charge on any atom is 0.223 e. The van der Waals surface area contributed by atoms with Crippen LogP contribution in [0.15, 0.2) is 0 Å². The Hall–Kier alpha value is -1.04. The highest BCUT2D eigenvalue weighted by Gasteiger charge is 2.20. The van der Waals surface area contributed by atoms with Gasteiger partial charge in [-0.05, 0) is 24.2 Å². The Morgan fingerprint density at radius 3 is 2.41 bits per heavy atom. The third kappa shape index (κ3) is 7.79. The zero-order valence-electron chi connectivity index (χ0n) is 11.9. The molecule has 0 aromatic heterocycles. The van der Waals surface area contributed by atoms with Gasteiger partial charge < -0.3 is 4.90 Å². The van der Waals surface area contributed by atoms with E-state index in [0.29, 0.717) is 18.9 Å². The van der Waals surface area contributed by atoms with Crippen molar-refractivity contribution in [3.05, 3.63) is 0 Å². The molecule has 3 nitrogen and oxygen atoms in total. The largest absolute Gasteiger partial charge is 0.329 e. The first-order chi connectivity index (χ1) is 7.80. The first-order valence-electron chi connectivity index (χ1n) is 6.45. The molecule has 0 fully saturated rings. The predicted molar refractivity (Wildman–Crippen MR) is 70.3 cm³/mol. The minimum Gasteiger partial charge on any atom is -0.329 e. The highest BCUT2D eigenvalue weighted by atomic mass is 16.2. The molecule has 98 valence electrons. The van der Waals surface area contributed by atoms with Gasteiger partial charge >= 0.3 is 0 Å². The minimum atomic E-state index is 0.116. The van der Waals surface area contributed by atoms with Crippen molar-refractivity contribution in [2.75, 3.05) is 13.1 Å². The number of amides is 1. The third-order valence-electron chi connectivity index (χ3n) is 2.59. The number of nitriles is 1. The Labute approximate surface area is 106 Å². The zero-order valence-corrected chi connectivity index (χ0v) is 11.9. The van der Waals surface area contributed by atoms with Crippen LogP contribution in [-0.4, -0.2) is 23.9 Å². The highest BCUT2D eigenvalue weighted by Crippen LogP contribution is 2.26. The molecule has 0 saturated heterocycles. The van der Waals surface area contributed by atoms with Crippen LogP contribution < -0.4 is 0 Å². The lowest BCUT2D eigenvalue weighted by molar-refractivity contribution is -0.131. The molecule has 1 amide bonds. The molecule has 0 radical (unpaired) electrons. The summed E-state index contributed by atoms with van der Waals surface area (Å²) in [7, 11) is 0. The SMILES string of the molecule is CCCN(CC#N)C(=O)CC(C)CC(C)(C)C. The van der Waals surface area contributed by atoms with Crippen LogP contribution in [0, 0.1) is 22.7 Å². The molecule has 0 spiro atoms. The van der Waals surface area contributed by atoms with E-state index in [-0.39, 0.29) is 17.9 Å². The molecule has 0 aliphatic carbocycles. The second kappa shape index (κ2) is 7.32. The van der Waals surface area contributed by atoms with E-state index in [2.05, 4.69) is 33.8 Å². The van der Waals surface area contributed by atoms with Gasteiger partial charge in [0.05, 0.1) is 6.07 Å². The molecule has 0 rings (SSSR count). The van der Waals surface area contributed by atoms with Gasteiger partial charge in [0.15, 0.2) is 0 Å². The normalized spacial score (nSPS) is 12.9. The standard InChI is InChI=1S/C14H26N2O/c1-6-8-16(9-7-15)13(17)10-12(2)11-14(3,4)5/h12H,6,8-11H2,1-5H3. The van der Waals surface area contributed by atoms with E-state index >= 15 is 0 Å². The van der Waals surface area contributed by atoms with Crippen molar-refractivity contribution in [3.8, 4) is 6.07 Å². The minimum absolute atomic E-state index is 0.116. The summed E-state index contributed by atoms with van der Waals surface area (Å²) in [4.78, 5) is 13.7. The Balaban J connectivity index is 4.25. The molecule has 0 aromatic rings. The molecule has 0 aliphatic heterocycles. The van der Waals surface area contributed by atoms with Gasteiger partial charge in [0.1, 0.15) is 6.54 Å². The van der Waals surface area contributed by atoms with Crippen LogP contribution in [0.25, 0.3) is 0 Å². The molecule has 1 atom stereocenters. The number of hydrogen-bond donors (Lipinski definition) is 0. The lowest BCUT2D eigenvalue weighted by Crippen LogP contribution is -2.33. The lowest BCUT2D eigenvalue weighted by Gasteiger charge is -2.25. The number of carbonyl (C=O) groups excluding carboxylic acids is 1. The Kier molecular flexibility index (Phi) is 6.87. The molecule has 0 saturated carbocycles. The van der Waals surface area contributed by atoms with Gasteiger partial charge in [-0.3, -0.25) is 4.79 Å². The third-order valence-corrected chi connectivity index (χ3v) is 2.59. The molecular weight excluding hydrogens is 212 g/mol. The Bertz CT molecular complexity index is 273. The number of carbonyl (C=O) groups is 1. The van der Waals surface area contributed by atoms with Crippen molar-refractivity contribution in [3.63, 3.8) is 0 Å².